The molecular weight excluding hydrogens is 330 g/mol. The number of allylic oxidation sites excluding steroid dienone is 2. The fraction of sp³-hybridized carbons (Fsp3) is 0.500. The zero-order chi connectivity index (χ0) is 18.8. The van der Waals surface area contributed by atoms with Crippen LogP contribution in [-0.2, 0) is 14.4 Å². The fourth-order valence-corrected chi connectivity index (χ4v) is 3.73. The predicted octanol–water partition coefficient (Wildman–Crippen LogP) is 2.69. The van der Waals surface area contributed by atoms with E-state index in [2.05, 4.69) is 10.3 Å². The van der Waals surface area contributed by atoms with Crippen LogP contribution >= 0.6 is 0 Å². The van der Waals surface area contributed by atoms with Crippen molar-refractivity contribution >= 4 is 23.5 Å². The zero-order valence-corrected chi connectivity index (χ0v) is 15.4. The number of anilines is 1. The molecule has 0 radical (unpaired) electrons. The molecule has 3 amide bonds. The molecule has 1 N–H and O–H groups in total. The van der Waals surface area contributed by atoms with E-state index in [0.29, 0.717) is 25.1 Å². The lowest BCUT2D eigenvalue weighted by atomic mass is 9.85. The van der Waals surface area contributed by atoms with Gasteiger partial charge in [0.25, 0.3) is 0 Å². The first-order chi connectivity index (χ1) is 12.4. The molecular formula is C20H25N3O3. The minimum atomic E-state index is -0.803. The van der Waals surface area contributed by atoms with Crippen LogP contribution in [0.2, 0.25) is 0 Å². The first-order valence-corrected chi connectivity index (χ1v) is 9.15. The Bertz CT molecular complexity index is 730. The van der Waals surface area contributed by atoms with Crippen molar-refractivity contribution in [3.05, 3.63) is 36.0 Å². The van der Waals surface area contributed by atoms with Crippen LogP contribution in [0.1, 0.15) is 38.8 Å². The highest BCUT2D eigenvalue weighted by Gasteiger charge is 2.51. The van der Waals surface area contributed by atoms with Crippen molar-refractivity contribution in [2.75, 3.05) is 5.32 Å². The summed E-state index contributed by atoms with van der Waals surface area (Å²) in [6.45, 7) is 5.79. The Morgan fingerprint density at radius 2 is 1.81 bits per heavy atom. The first kappa shape index (κ1) is 18.3. The molecule has 1 saturated heterocycles. The topological polar surface area (TPSA) is 79.4 Å². The minimum Gasteiger partial charge on any atom is -0.309 e. The summed E-state index contributed by atoms with van der Waals surface area (Å²) in [5, 5.41) is 2.78. The maximum absolute atomic E-state index is 12.9. The van der Waals surface area contributed by atoms with Gasteiger partial charge < -0.3 is 5.32 Å². The highest BCUT2D eigenvalue weighted by atomic mass is 16.2. The van der Waals surface area contributed by atoms with Gasteiger partial charge in [-0.1, -0.05) is 32.1 Å². The third kappa shape index (κ3) is 3.54. The van der Waals surface area contributed by atoms with E-state index in [1.54, 1.807) is 6.07 Å². The maximum Gasteiger partial charge on any atom is 0.248 e. The molecule has 6 nitrogen and oxygen atoms in total. The van der Waals surface area contributed by atoms with Gasteiger partial charge in [-0.25, -0.2) is 4.98 Å². The van der Waals surface area contributed by atoms with Crippen LogP contribution in [-0.4, -0.2) is 33.6 Å². The van der Waals surface area contributed by atoms with Gasteiger partial charge in [0.15, 0.2) is 0 Å². The Labute approximate surface area is 153 Å². The molecule has 1 aromatic heterocycles. The third-order valence-electron chi connectivity index (χ3n) is 4.99. The Hall–Kier alpha value is -2.50. The van der Waals surface area contributed by atoms with E-state index < -0.39 is 6.04 Å². The van der Waals surface area contributed by atoms with Crippen LogP contribution in [0.3, 0.4) is 0 Å². The number of nitrogens with one attached hydrogen (secondary N) is 1. The number of carbonyl (C=O) groups is 3. The Morgan fingerprint density at radius 3 is 2.35 bits per heavy atom. The Balaban J connectivity index is 1.84. The van der Waals surface area contributed by atoms with Crippen molar-refractivity contribution in [2.45, 2.75) is 46.1 Å². The summed E-state index contributed by atoms with van der Waals surface area (Å²) in [6, 6.07) is 4.55. The van der Waals surface area contributed by atoms with Gasteiger partial charge in [-0.2, -0.15) is 0 Å². The van der Waals surface area contributed by atoms with Crippen molar-refractivity contribution in [3.8, 4) is 0 Å². The van der Waals surface area contributed by atoms with Gasteiger partial charge in [0.05, 0.1) is 11.8 Å². The van der Waals surface area contributed by atoms with E-state index in [9.17, 15) is 14.4 Å². The summed E-state index contributed by atoms with van der Waals surface area (Å²) in [5.74, 6) is -0.853. The number of hydrogen-bond acceptors (Lipinski definition) is 4. The van der Waals surface area contributed by atoms with E-state index in [0.717, 1.165) is 5.69 Å². The van der Waals surface area contributed by atoms with Gasteiger partial charge in [-0.15, -0.1) is 0 Å². The Kier molecular flexibility index (Phi) is 5.20. The molecule has 1 aliphatic heterocycles. The number of carbonyl (C=O) groups excluding carboxylic acids is 3. The number of imide groups is 1. The summed E-state index contributed by atoms with van der Waals surface area (Å²) in [7, 11) is 0. The number of aromatic nitrogens is 1. The SMILES string of the molecule is Cc1cccc(NC(=O)[C@H](CC(C)C)N2C(=O)[C@H]3CC=CC[C@@H]3C2=O)n1. The summed E-state index contributed by atoms with van der Waals surface area (Å²) in [4.78, 5) is 44.1. The van der Waals surface area contributed by atoms with Crippen molar-refractivity contribution in [1.82, 2.24) is 9.88 Å². The van der Waals surface area contributed by atoms with Gasteiger partial charge >= 0.3 is 0 Å². The normalized spacial score (nSPS) is 23.3. The lowest BCUT2D eigenvalue weighted by Crippen LogP contribution is -2.48. The van der Waals surface area contributed by atoms with Gasteiger partial charge in [-0.3, -0.25) is 19.3 Å². The lowest BCUT2D eigenvalue weighted by molar-refractivity contribution is -0.147. The van der Waals surface area contributed by atoms with E-state index in [-0.39, 0.29) is 35.5 Å². The van der Waals surface area contributed by atoms with Crippen molar-refractivity contribution in [1.29, 1.82) is 0 Å². The number of amides is 3. The highest BCUT2D eigenvalue weighted by Crippen LogP contribution is 2.37. The largest absolute Gasteiger partial charge is 0.309 e. The molecule has 1 aliphatic carbocycles. The standard InChI is InChI=1S/C20H25N3O3/c1-12(2)11-16(18(24)22-17-10-6-7-13(3)21-17)23-19(25)14-8-4-5-9-15(14)20(23)26/h4-7,10,12,14-16H,8-9,11H2,1-3H3,(H,21,22,24)/t14-,15-,16-/m0/s1. The van der Waals surface area contributed by atoms with E-state index >= 15 is 0 Å². The molecule has 0 aromatic carbocycles. The number of nitrogens with zero attached hydrogens (tertiary/aromatic N) is 2. The number of rotatable bonds is 5. The molecule has 2 heterocycles. The van der Waals surface area contributed by atoms with Crippen molar-refractivity contribution < 1.29 is 14.4 Å². The minimum absolute atomic E-state index is 0.164. The first-order valence-electron chi connectivity index (χ1n) is 9.15. The second kappa shape index (κ2) is 7.40. The Morgan fingerprint density at radius 1 is 1.19 bits per heavy atom. The quantitative estimate of drug-likeness (QED) is 0.650. The zero-order valence-electron chi connectivity index (χ0n) is 15.4. The second-order valence-electron chi connectivity index (χ2n) is 7.50. The molecule has 1 aromatic rings. The summed E-state index contributed by atoms with van der Waals surface area (Å²) in [6.07, 6.45) is 5.47. The van der Waals surface area contributed by atoms with Gasteiger partial charge in [0.2, 0.25) is 17.7 Å². The molecule has 0 unspecified atom stereocenters. The molecule has 6 heteroatoms. The van der Waals surface area contributed by atoms with Gasteiger partial charge in [0.1, 0.15) is 11.9 Å². The fourth-order valence-electron chi connectivity index (χ4n) is 3.73. The molecule has 0 bridgehead atoms. The average Bonchev–Trinajstić information content (AvgIpc) is 2.84. The van der Waals surface area contributed by atoms with E-state index in [4.69, 9.17) is 0 Å². The lowest BCUT2D eigenvalue weighted by Gasteiger charge is -2.27. The molecule has 3 rings (SSSR count). The molecule has 138 valence electrons. The molecule has 26 heavy (non-hydrogen) atoms. The van der Waals surface area contributed by atoms with Crippen LogP contribution in [0.25, 0.3) is 0 Å². The second-order valence-corrected chi connectivity index (χ2v) is 7.50. The van der Waals surface area contributed by atoms with Crippen molar-refractivity contribution in [3.63, 3.8) is 0 Å². The molecule has 0 saturated carbocycles. The number of aryl methyl sites for hydroxylation is 1. The molecule has 3 atom stereocenters. The molecule has 0 spiro atoms. The number of likely N-dealkylation sites (tertiary alicyclic amines) is 1. The van der Waals surface area contributed by atoms with E-state index in [1.165, 1.54) is 4.90 Å². The molecule has 1 fully saturated rings. The van der Waals surface area contributed by atoms with Gasteiger partial charge in [-0.05, 0) is 44.2 Å². The summed E-state index contributed by atoms with van der Waals surface area (Å²) < 4.78 is 0. The number of pyridine rings is 1. The number of hydrogen-bond donors (Lipinski definition) is 1. The molecule has 2 aliphatic rings. The van der Waals surface area contributed by atoms with E-state index in [1.807, 2.05) is 45.1 Å². The number of fused-ring (bicyclic) bond motifs is 1. The summed E-state index contributed by atoms with van der Waals surface area (Å²) in [5.41, 5.74) is 0.786. The maximum atomic E-state index is 12.9. The summed E-state index contributed by atoms with van der Waals surface area (Å²) >= 11 is 0. The van der Waals surface area contributed by atoms with Gasteiger partial charge in [0, 0.05) is 5.69 Å². The smallest absolute Gasteiger partial charge is 0.248 e. The van der Waals surface area contributed by atoms with Crippen LogP contribution in [0.4, 0.5) is 5.82 Å². The predicted molar refractivity (Wildman–Crippen MR) is 98.1 cm³/mol. The monoisotopic (exact) mass is 355 g/mol. The van der Waals surface area contributed by atoms with Crippen LogP contribution < -0.4 is 5.32 Å². The van der Waals surface area contributed by atoms with Crippen molar-refractivity contribution in [2.24, 2.45) is 17.8 Å². The van der Waals surface area contributed by atoms with Crippen LogP contribution in [0.15, 0.2) is 30.4 Å². The van der Waals surface area contributed by atoms with Crippen LogP contribution in [0, 0.1) is 24.7 Å². The highest BCUT2D eigenvalue weighted by molar-refractivity contribution is 6.10. The van der Waals surface area contributed by atoms with Crippen LogP contribution in [0.5, 0.6) is 0 Å². The third-order valence-corrected chi connectivity index (χ3v) is 4.99. The average molecular weight is 355 g/mol.